The average molecular weight is 383 g/mol. The number of unbranched alkanes of at least 4 members (excludes halogenated alkanes) is 1. The average Bonchev–Trinajstić information content (AvgIpc) is 2.70. The standard InChI is InChI=1S/C21H22FN3O3/c22-16-5-3-14(4-6-16)11-15-12-18-17(7-8-19(27)20(18)23-13-15)21(28)25-24-9-1-2-10-26/h3-8,12-13,24,26-27H,1-2,9-11H2,(H,25,28). The molecule has 0 aliphatic heterocycles. The Morgan fingerprint density at radius 1 is 1.07 bits per heavy atom. The van der Waals surface area contributed by atoms with E-state index in [1.165, 1.54) is 18.2 Å². The van der Waals surface area contributed by atoms with Crippen molar-refractivity contribution in [3.8, 4) is 5.75 Å². The fourth-order valence-corrected chi connectivity index (χ4v) is 2.92. The summed E-state index contributed by atoms with van der Waals surface area (Å²) in [6.07, 6.45) is 3.55. The lowest BCUT2D eigenvalue weighted by Gasteiger charge is -2.11. The molecule has 0 atom stereocenters. The Kier molecular flexibility index (Phi) is 6.52. The number of nitrogens with one attached hydrogen (secondary N) is 2. The van der Waals surface area contributed by atoms with Gasteiger partial charge >= 0.3 is 0 Å². The first kappa shape index (κ1) is 19.7. The van der Waals surface area contributed by atoms with Gasteiger partial charge < -0.3 is 10.2 Å². The Morgan fingerprint density at radius 3 is 2.61 bits per heavy atom. The van der Waals surface area contributed by atoms with E-state index in [1.54, 1.807) is 24.4 Å². The molecule has 28 heavy (non-hydrogen) atoms. The Labute approximate surface area is 162 Å². The number of nitrogens with zero attached hydrogens (tertiary/aromatic N) is 1. The van der Waals surface area contributed by atoms with E-state index in [4.69, 9.17) is 5.11 Å². The summed E-state index contributed by atoms with van der Waals surface area (Å²) in [5.74, 6) is -0.638. The molecule has 0 bridgehead atoms. The van der Waals surface area contributed by atoms with E-state index in [9.17, 15) is 14.3 Å². The normalized spacial score (nSPS) is 10.9. The van der Waals surface area contributed by atoms with Gasteiger partial charge in [-0.3, -0.25) is 15.2 Å². The van der Waals surface area contributed by atoms with Crippen LogP contribution in [-0.2, 0) is 6.42 Å². The second kappa shape index (κ2) is 9.25. The van der Waals surface area contributed by atoms with E-state index in [-0.39, 0.29) is 24.1 Å². The molecule has 0 spiro atoms. The van der Waals surface area contributed by atoms with E-state index < -0.39 is 0 Å². The molecule has 146 valence electrons. The number of aliphatic hydroxyl groups is 1. The predicted octanol–water partition coefficient (Wildman–Crippen LogP) is 2.68. The van der Waals surface area contributed by atoms with Crippen LogP contribution < -0.4 is 10.9 Å². The molecule has 0 radical (unpaired) electrons. The van der Waals surface area contributed by atoms with Gasteiger partial charge in [-0.2, -0.15) is 0 Å². The predicted molar refractivity (Wildman–Crippen MR) is 104 cm³/mol. The van der Waals surface area contributed by atoms with Crippen molar-refractivity contribution in [3.63, 3.8) is 0 Å². The van der Waals surface area contributed by atoms with Crippen molar-refractivity contribution < 1.29 is 19.4 Å². The minimum Gasteiger partial charge on any atom is -0.506 e. The summed E-state index contributed by atoms with van der Waals surface area (Å²) in [4.78, 5) is 16.8. The van der Waals surface area contributed by atoms with Crippen LogP contribution in [0.4, 0.5) is 4.39 Å². The molecule has 0 aliphatic rings. The van der Waals surface area contributed by atoms with Gasteiger partial charge in [-0.05, 0) is 60.7 Å². The number of hydrazine groups is 1. The summed E-state index contributed by atoms with van der Waals surface area (Å²) in [7, 11) is 0. The zero-order valence-corrected chi connectivity index (χ0v) is 15.3. The summed E-state index contributed by atoms with van der Waals surface area (Å²) in [5.41, 5.74) is 7.94. The fourth-order valence-electron chi connectivity index (χ4n) is 2.92. The molecule has 6 nitrogen and oxygen atoms in total. The van der Waals surface area contributed by atoms with Crippen LogP contribution in [0.2, 0.25) is 0 Å². The summed E-state index contributed by atoms with van der Waals surface area (Å²) in [6, 6.07) is 11.0. The van der Waals surface area contributed by atoms with Gasteiger partial charge in [0, 0.05) is 24.7 Å². The number of fused-ring (bicyclic) bond motifs is 1. The number of phenols is 1. The highest BCUT2D eigenvalue weighted by molar-refractivity contribution is 6.07. The number of carbonyl (C=O) groups is 1. The highest BCUT2D eigenvalue weighted by Gasteiger charge is 2.14. The molecule has 1 heterocycles. The lowest BCUT2D eigenvalue weighted by molar-refractivity contribution is 0.0934. The Morgan fingerprint density at radius 2 is 1.86 bits per heavy atom. The lowest BCUT2D eigenvalue weighted by Crippen LogP contribution is -2.38. The van der Waals surface area contributed by atoms with Crippen LogP contribution in [0.3, 0.4) is 0 Å². The van der Waals surface area contributed by atoms with Crippen molar-refractivity contribution in [1.82, 2.24) is 15.8 Å². The zero-order valence-electron chi connectivity index (χ0n) is 15.3. The monoisotopic (exact) mass is 383 g/mol. The molecule has 4 N–H and O–H groups in total. The minimum atomic E-state index is -0.338. The van der Waals surface area contributed by atoms with E-state index in [0.717, 1.165) is 17.5 Å². The maximum absolute atomic E-state index is 13.1. The first-order valence-electron chi connectivity index (χ1n) is 9.07. The van der Waals surface area contributed by atoms with Gasteiger partial charge in [0.25, 0.3) is 5.91 Å². The molecule has 3 rings (SSSR count). The largest absolute Gasteiger partial charge is 0.506 e. The number of halogens is 1. The molecule has 0 unspecified atom stereocenters. The molecule has 2 aromatic carbocycles. The smallest absolute Gasteiger partial charge is 0.266 e. The number of rotatable bonds is 8. The first-order valence-corrected chi connectivity index (χ1v) is 9.07. The highest BCUT2D eigenvalue weighted by Crippen LogP contribution is 2.27. The van der Waals surface area contributed by atoms with E-state index in [0.29, 0.717) is 35.9 Å². The van der Waals surface area contributed by atoms with Crippen LogP contribution in [0.1, 0.15) is 34.3 Å². The number of aromatic hydroxyl groups is 1. The van der Waals surface area contributed by atoms with Gasteiger partial charge in [0.15, 0.2) is 0 Å². The van der Waals surface area contributed by atoms with Gasteiger partial charge in [0.05, 0.1) is 5.56 Å². The van der Waals surface area contributed by atoms with Crippen molar-refractivity contribution in [3.05, 3.63) is 71.2 Å². The summed E-state index contributed by atoms with van der Waals surface area (Å²) < 4.78 is 13.1. The molecule has 1 aromatic heterocycles. The highest BCUT2D eigenvalue weighted by atomic mass is 19.1. The number of aliphatic hydroxyl groups excluding tert-OH is 1. The van der Waals surface area contributed by atoms with Crippen LogP contribution in [0.15, 0.2) is 48.7 Å². The van der Waals surface area contributed by atoms with Crippen LogP contribution in [0, 0.1) is 5.82 Å². The third kappa shape index (κ3) is 4.82. The number of pyridine rings is 1. The van der Waals surface area contributed by atoms with Crippen LogP contribution >= 0.6 is 0 Å². The van der Waals surface area contributed by atoms with Crippen molar-refractivity contribution >= 4 is 16.8 Å². The van der Waals surface area contributed by atoms with E-state index in [2.05, 4.69) is 15.8 Å². The van der Waals surface area contributed by atoms with Gasteiger partial charge in [0.2, 0.25) is 0 Å². The number of benzene rings is 2. The topological polar surface area (TPSA) is 94.5 Å². The second-order valence-electron chi connectivity index (χ2n) is 6.49. The Bertz CT molecular complexity index is 961. The molecule has 0 aliphatic carbocycles. The summed E-state index contributed by atoms with van der Waals surface area (Å²) in [6.45, 7) is 0.650. The number of hydrogen-bond acceptors (Lipinski definition) is 5. The van der Waals surface area contributed by atoms with Gasteiger partial charge in [-0.1, -0.05) is 12.1 Å². The fraction of sp³-hybridized carbons (Fsp3) is 0.238. The number of carbonyl (C=O) groups excluding carboxylic acids is 1. The molecular weight excluding hydrogens is 361 g/mol. The van der Waals surface area contributed by atoms with E-state index >= 15 is 0 Å². The molecule has 1 amide bonds. The van der Waals surface area contributed by atoms with Crippen LogP contribution in [0.5, 0.6) is 5.75 Å². The SMILES string of the molecule is O=C(NNCCCCO)c1ccc(O)c2ncc(Cc3ccc(F)cc3)cc12. The summed E-state index contributed by atoms with van der Waals surface area (Å²) in [5, 5.41) is 19.4. The van der Waals surface area contributed by atoms with Crippen molar-refractivity contribution in [2.45, 2.75) is 19.3 Å². The zero-order chi connectivity index (χ0) is 19.9. The van der Waals surface area contributed by atoms with Crippen LogP contribution in [-0.4, -0.2) is 34.3 Å². The molecule has 0 saturated heterocycles. The lowest BCUT2D eigenvalue weighted by atomic mass is 10.0. The van der Waals surface area contributed by atoms with Gasteiger partial charge in [0.1, 0.15) is 17.1 Å². The Balaban J connectivity index is 1.82. The molecule has 0 saturated carbocycles. The summed E-state index contributed by atoms with van der Waals surface area (Å²) >= 11 is 0. The molecular formula is C21H22FN3O3. The second-order valence-corrected chi connectivity index (χ2v) is 6.49. The van der Waals surface area contributed by atoms with Crippen molar-refractivity contribution in [2.24, 2.45) is 0 Å². The van der Waals surface area contributed by atoms with Crippen molar-refractivity contribution in [1.29, 1.82) is 0 Å². The Hall–Kier alpha value is -3.03. The number of aromatic nitrogens is 1. The first-order chi connectivity index (χ1) is 13.6. The third-order valence-corrected chi connectivity index (χ3v) is 4.36. The quantitative estimate of drug-likeness (QED) is 0.354. The van der Waals surface area contributed by atoms with Crippen LogP contribution in [0.25, 0.3) is 10.9 Å². The van der Waals surface area contributed by atoms with Crippen molar-refractivity contribution in [2.75, 3.05) is 13.2 Å². The maximum atomic E-state index is 13.1. The minimum absolute atomic E-state index is 0.00390. The van der Waals surface area contributed by atoms with Gasteiger partial charge in [-0.15, -0.1) is 0 Å². The third-order valence-electron chi connectivity index (χ3n) is 4.36. The number of amides is 1. The van der Waals surface area contributed by atoms with Gasteiger partial charge in [-0.25, -0.2) is 9.82 Å². The maximum Gasteiger partial charge on any atom is 0.266 e. The molecule has 0 fully saturated rings. The number of hydrogen-bond donors (Lipinski definition) is 4. The molecule has 7 heteroatoms. The number of phenolic OH excluding ortho intramolecular Hbond substituents is 1. The molecule has 3 aromatic rings. The van der Waals surface area contributed by atoms with E-state index in [1.807, 2.05) is 6.07 Å².